The fourth-order valence-electron chi connectivity index (χ4n) is 1.97. The highest BCUT2D eigenvalue weighted by molar-refractivity contribution is 6.19. The Morgan fingerprint density at radius 2 is 2.00 bits per heavy atom. The number of carbonyl (C=O) groups excluding carboxylic acids is 3. The van der Waals surface area contributed by atoms with Crippen LogP contribution in [0.5, 0.6) is 0 Å². The largest absolute Gasteiger partial charge is 0.328 e. The predicted molar refractivity (Wildman–Crippen MR) is 63.0 cm³/mol. The van der Waals surface area contributed by atoms with E-state index in [1.807, 2.05) is 10.6 Å². The van der Waals surface area contributed by atoms with Crippen LogP contribution in [0.15, 0.2) is 12.7 Å². The SMILES string of the molecule is [2H]C([2H])([2H])C(CCC)C1(CC=C)C(=O)NC(=O)NC1=O. The van der Waals surface area contributed by atoms with Crippen molar-refractivity contribution in [1.29, 1.82) is 0 Å². The minimum Gasteiger partial charge on any atom is -0.277 e. The van der Waals surface area contributed by atoms with Crippen molar-refractivity contribution < 1.29 is 18.5 Å². The summed E-state index contributed by atoms with van der Waals surface area (Å²) in [5, 5.41) is 3.98. The van der Waals surface area contributed by atoms with Gasteiger partial charge in [0.25, 0.3) is 0 Å². The summed E-state index contributed by atoms with van der Waals surface area (Å²) in [4.78, 5) is 35.6. The molecule has 0 radical (unpaired) electrons. The zero-order valence-corrected chi connectivity index (χ0v) is 9.71. The molecule has 1 unspecified atom stereocenters. The Morgan fingerprint density at radius 3 is 2.41 bits per heavy atom. The van der Waals surface area contributed by atoms with E-state index in [9.17, 15) is 14.4 Å². The van der Waals surface area contributed by atoms with E-state index in [-0.39, 0.29) is 12.8 Å². The van der Waals surface area contributed by atoms with Gasteiger partial charge in [-0.15, -0.1) is 6.58 Å². The second kappa shape index (κ2) is 5.12. The molecule has 94 valence electrons. The maximum absolute atomic E-state index is 12.2. The molecule has 17 heavy (non-hydrogen) atoms. The van der Waals surface area contributed by atoms with Crippen LogP contribution in [-0.4, -0.2) is 17.8 Å². The Morgan fingerprint density at radius 1 is 1.41 bits per heavy atom. The summed E-state index contributed by atoms with van der Waals surface area (Å²) in [6, 6.07) is -0.930. The first-order valence-corrected chi connectivity index (χ1v) is 5.48. The minimum absolute atomic E-state index is 0.138. The summed E-state index contributed by atoms with van der Waals surface area (Å²) in [6.45, 7) is 2.76. The highest BCUT2D eigenvalue weighted by atomic mass is 16.2. The summed E-state index contributed by atoms with van der Waals surface area (Å²) in [5.41, 5.74) is -1.82. The van der Waals surface area contributed by atoms with E-state index in [0.717, 1.165) is 0 Å². The van der Waals surface area contributed by atoms with Crippen LogP contribution in [0, 0.1) is 11.3 Å². The number of barbiturate groups is 1. The lowest BCUT2D eigenvalue weighted by Gasteiger charge is -2.37. The summed E-state index contributed by atoms with van der Waals surface area (Å²) >= 11 is 0. The van der Waals surface area contributed by atoms with Crippen LogP contribution in [0.2, 0.25) is 0 Å². The molecule has 0 aromatic heterocycles. The average Bonchev–Trinajstić information content (AvgIpc) is 2.30. The lowest BCUT2D eigenvalue weighted by atomic mass is 9.69. The molecule has 0 saturated carbocycles. The quantitative estimate of drug-likeness (QED) is 0.563. The topological polar surface area (TPSA) is 75.3 Å². The van der Waals surface area contributed by atoms with E-state index >= 15 is 0 Å². The number of imide groups is 2. The van der Waals surface area contributed by atoms with E-state index in [1.54, 1.807) is 6.92 Å². The van der Waals surface area contributed by atoms with E-state index in [2.05, 4.69) is 6.58 Å². The van der Waals surface area contributed by atoms with Gasteiger partial charge >= 0.3 is 6.03 Å². The Labute approximate surface area is 105 Å². The monoisotopic (exact) mass is 241 g/mol. The standard InChI is InChI=1S/C12H18N2O3/c1-4-6-8(3)12(7-5-2)9(15)13-11(17)14-10(12)16/h5,8H,2,4,6-7H2,1,3H3,(H2,13,14,15,16,17)/i3D3. The van der Waals surface area contributed by atoms with Gasteiger partial charge in [0.2, 0.25) is 11.8 Å². The van der Waals surface area contributed by atoms with Gasteiger partial charge in [-0.1, -0.05) is 26.3 Å². The highest BCUT2D eigenvalue weighted by Gasteiger charge is 2.52. The summed E-state index contributed by atoms with van der Waals surface area (Å²) < 4.78 is 22.9. The number of allylic oxidation sites excluding steroid dienone is 1. The van der Waals surface area contributed by atoms with E-state index in [1.165, 1.54) is 6.08 Å². The van der Waals surface area contributed by atoms with Crippen molar-refractivity contribution in [3.63, 3.8) is 0 Å². The molecular weight excluding hydrogens is 220 g/mol. The molecule has 1 atom stereocenters. The first-order chi connectivity index (χ1) is 9.20. The number of amides is 4. The van der Waals surface area contributed by atoms with Crippen molar-refractivity contribution in [3.05, 3.63) is 12.7 Å². The molecule has 5 nitrogen and oxygen atoms in total. The summed E-state index contributed by atoms with van der Waals surface area (Å²) in [5.74, 6) is -2.92. The van der Waals surface area contributed by atoms with Crippen molar-refractivity contribution in [2.24, 2.45) is 11.3 Å². The van der Waals surface area contributed by atoms with Crippen molar-refractivity contribution in [1.82, 2.24) is 10.6 Å². The first kappa shape index (κ1) is 9.39. The molecule has 0 bridgehead atoms. The number of hydrogen-bond donors (Lipinski definition) is 2. The van der Waals surface area contributed by atoms with Crippen LogP contribution in [0.1, 0.15) is 37.2 Å². The molecule has 1 rings (SSSR count). The third-order valence-electron chi connectivity index (χ3n) is 2.90. The first-order valence-electron chi connectivity index (χ1n) is 6.98. The average molecular weight is 241 g/mol. The third kappa shape index (κ3) is 2.23. The van der Waals surface area contributed by atoms with Gasteiger partial charge in [0, 0.05) is 4.11 Å². The number of carbonyl (C=O) groups is 3. The van der Waals surface area contributed by atoms with E-state index < -0.39 is 36.0 Å². The number of urea groups is 1. The minimum atomic E-state index is -2.49. The zero-order valence-electron chi connectivity index (χ0n) is 12.7. The molecule has 1 heterocycles. The van der Waals surface area contributed by atoms with Crippen LogP contribution in [-0.2, 0) is 9.59 Å². The zero-order chi connectivity index (χ0) is 15.6. The lowest BCUT2D eigenvalue weighted by Crippen LogP contribution is -2.64. The molecule has 0 aliphatic carbocycles. The second-order valence-electron chi connectivity index (χ2n) is 4.04. The highest BCUT2D eigenvalue weighted by Crippen LogP contribution is 2.37. The van der Waals surface area contributed by atoms with Gasteiger partial charge in [-0.2, -0.15) is 0 Å². The maximum atomic E-state index is 12.2. The molecule has 1 saturated heterocycles. The third-order valence-corrected chi connectivity index (χ3v) is 2.90. The van der Waals surface area contributed by atoms with Crippen molar-refractivity contribution in [2.75, 3.05) is 0 Å². The van der Waals surface area contributed by atoms with Crippen LogP contribution < -0.4 is 10.6 Å². The molecule has 1 fully saturated rings. The maximum Gasteiger partial charge on any atom is 0.328 e. The molecule has 0 aromatic rings. The smallest absolute Gasteiger partial charge is 0.277 e. The van der Waals surface area contributed by atoms with Crippen LogP contribution in [0.25, 0.3) is 0 Å². The van der Waals surface area contributed by atoms with E-state index in [4.69, 9.17) is 4.11 Å². The second-order valence-corrected chi connectivity index (χ2v) is 4.04. The number of rotatable bonds is 5. The van der Waals surface area contributed by atoms with Crippen molar-refractivity contribution >= 4 is 17.8 Å². The molecule has 1 aliphatic rings. The Balaban J connectivity index is 3.37. The van der Waals surface area contributed by atoms with Gasteiger partial charge in [0.05, 0.1) is 0 Å². The Hall–Kier alpha value is -1.65. The normalized spacial score (nSPS) is 23.8. The molecule has 1 aliphatic heterocycles. The molecule has 0 aromatic carbocycles. The fourth-order valence-corrected chi connectivity index (χ4v) is 1.97. The van der Waals surface area contributed by atoms with Gasteiger partial charge in [-0.05, 0) is 18.8 Å². The van der Waals surface area contributed by atoms with Crippen LogP contribution in [0.4, 0.5) is 4.79 Å². The van der Waals surface area contributed by atoms with Gasteiger partial charge in [-0.25, -0.2) is 4.79 Å². The number of nitrogens with one attached hydrogen (secondary N) is 2. The molecular formula is C12H18N2O3. The predicted octanol–water partition coefficient (Wildman–Crippen LogP) is 1.35. The fraction of sp³-hybridized carbons (Fsp3) is 0.583. The molecule has 0 spiro atoms. The van der Waals surface area contributed by atoms with Crippen molar-refractivity contribution in [2.45, 2.75) is 33.0 Å². The van der Waals surface area contributed by atoms with E-state index in [0.29, 0.717) is 6.42 Å². The number of hydrogen-bond acceptors (Lipinski definition) is 3. The summed E-state index contributed by atoms with van der Waals surface area (Å²) in [6.07, 6.45) is 1.85. The van der Waals surface area contributed by atoms with Gasteiger partial charge < -0.3 is 0 Å². The lowest BCUT2D eigenvalue weighted by molar-refractivity contribution is -0.148. The van der Waals surface area contributed by atoms with Crippen LogP contribution in [0.3, 0.4) is 0 Å². The van der Waals surface area contributed by atoms with Gasteiger partial charge in [0.1, 0.15) is 5.41 Å². The molecule has 2 N–H and O–H groups in total. The summed E-state index contributed by atoms with van der Waals surface area (Å²) in [7, 11) is 0. The molecule has 5 heteroatoms. The van der Waals surface area contributed by atoms with Gasteiger partial charge in [0.15, 0.2) is 0 Å². The van der Waals surface area contributed by atoms with Crippen molar-refractivity contribution in [3.8, 4) is 0 Å². The Kier molecular flexibility index (Phi) is 2.83. The van der Waals surface area contributed by atoms with Gasteiger partial charge in [-0.3, -0.25) is 20.2 Å². The Bertz CT molecular complexity index is 426. The molecule has 4 amide bonds. The van der Waals surface area contributed by atoms with Crippen LogP contribution >= 0.6 is 0 Å².